The van der Waals surface area contributed by atoms with Crippen LogP contribution in [-0.4, -0.2) is 18.0 Å². The van der Waals surface area contributed by atoms with Gasteiger partial charge in [-0.15, -0.1) is 0 Å². The van der Waals surface area contributed by atoms with E-state index >= 15 is 0 Å². The zero-order chi connectivity index (χ0) is 16.4. The maximum absolute atomic E-state index is 14.0. The number of rotatable bonds is 3. The number of halogens is 2. The van der Waals surface area contributed by atoms with Crippen molar-refractivity contribution in [1.82, 2.24) is 0 Å². The lowest BCUT2D eigenvalue weighted by Gasteiger charge is -2.28. The smallest absolute Gasteiger partial charge is 0.276 e. The normalized spacial score (nSPS) is 14.5. The summed E-state index contributed by atoms with van der Waals surface area (Å²) in [6.45, 7) is 1.09. The topological polar surface area (TPSA) is 46.4 Å². The van der Waals surface area contributed by atoms with Crippen LogP contribution in [0.2, 0.25) is 5.02 Å². The number of hydrogen-bond acceptors (Lipinski definition) is 3. The van der Waals surface area contributed by atoms with Gasteiger partial charge < -0.3 is 4.90 Å². The van der Waals surface area contributed by atoms with Crippen LogP contribution in [0.4, 0.5) is 15.8 Å². The van der Waals surface area contributed by atoms with Crippen molar-refractivity contribution in [3.05, 3.63) is 75.1 Å². The molecule has 1 heterocycles. The first-order chi connectivity index (χ1) is 11.1. The fourth-order valence-corrected chi connectivity index (χ4v) is 2.93. The molecule has 0 fully saturated rings. The molecule has 1 aliphatic rings. The van der Waals surface area contributed by atoms with Gasteiger partial charge in [0.15, 0.2) is 0 Å². The molecule has 2 aromatic carbocycles. The summed E-state index contributed by atoms with van der Waals surface area (Å²) in [6.07, 6.45) is 2.53. The van der Waals surface area contributed by atoms with Crippen LogP contribution in [0.1, 0.15) is 12.0 Å². The van der Waals surface area contributed by atoms with Crippen molar-refractivity contribution >= 4 is 28.5 Å². The first-order valence-corrected chi connectivity index (χ1v) is 7.57. The molecular formula is C17H14ClFN2O2. The first-order valence-electron chi connectivity index (χ1n) is 7.19. The van der Waals surface area contributed by atoms with Crippen LogP contribution in [0.15, 0.2) is 48.5 Å². The number of nitro benzene ring substituents is 1. The van der Waals surface area contributed by atoms with E-state index in [-0.39, 0.29) is 16.4 Å². The maximum Gasteiger partial charge on any atom is 0.276 e. The molecule has 23 heavy (non-hydrogen) atoms. The molecule has 0 aromatic heterocycles. The molecule has 0 N–H and O–H groups in total. The minimum Gasteiger partial charge on any atom is -0.365 e. The molecule has 2 aromatic rings. The molecule has 118 valence electrons. The average Bonchev–Trinajstić information content (AvgIpc) is 2.55. The van der Waals surface area contributed by atoms with Crippen LogP contribution in [0, 0.1) is 15.9 Å². The Morgan fingerprint density at radius 2 is 2.00 bits per heavy atom. The zero-order valence-electron chi connectivity index (χ0n) is 12.2. The van der Waals surface area contributed by atoms with E-state index in [1.54, 1.807) is 30.3 Å². The predicted molar refractivity (Wildman–Crippen MR) is 89.3 cm³/mol. The Labute approximate surface area is 137 Å². The number of benzene rings is 2. The van der Waals surface area contributed by atoms with Gasteiger partial charge in [0.05, 0.1) is 16.2 Å². The van der Waals surface area contributed by atoms with E-state index in [0.717, 1.165) is 5.57 Å². The van der Waals surface area contributed by atoms with Gasteiger partial charge in [-0.25, -0.2) is 4.39 Å². The lowest BCUT2D eigenvalue weighted by atomic mass is 9.97. The second kappa shape index (κ2) is 6.38. The van der Waals surface area contributed by atoms with Crippen molar-refractivity contribution in [2.45, 2.75) is 6.42 Å². The molecule has 0 spiro atoms. The van der Waals surface area contributed by atoms with E-state index in [4.69, 9.17) is 11.6 Å². The monoisotopic (exact) mass is 332 g/mol. The molecule has 0 atom stereocenters. The van der Waals surface area contributed by atoms with E-state index in [2.05, 4.69) is 0 Å². The van der Waals surface area contributed by atoms with Gasteiger partial charge in [-0.3, -0.25) is 10.1 Å². The molecular weight excluding hydrogens is 319 g/mol. The molecule has 0 bridgehead atoms. The summed E-state index contributed by atoms with van der Waals surface area (Å²) >= 11 is 5.77. The van der Waals surface area contributed by atoms with Crippen molar-refractivity contribution < 1.29 is 9.31 Å². The van der Waals surface area contributed by atoms with Crippen LogP contribution >= 0.6 is 11.6 Å². The maximum atomic E-state index is 14.0. The highest BCUT2D eigenvalue weighted by molar-refractivity contribution is 6.30. The molecule has 3 rings (SSSR count). The standard InChI is InChI=1S/C17H14ClFN2O2/c18-13-5-6-17(15(19)11-13)20-9-7-12(8-10-20)14-3-1-2-4-16(14)21(22)23/h1-7,11H,8-10H2. The van der Waals surface area contributed by atoms with Gasteiger partial charge in [-0.05, 0) is 36.3 Å². The van der Waals surface area contributed by atoms with Crippen molar-refractivity contribution in [1.29, 1.82) is 0 Å². The van der Waals surface area contributed by atoms with Crippen LogP contribution < -0.4 is 4.90 Å². The molecule has 0 unspecified atom stereocenters. The molecule has 0 aliphatic carbocycles. The van der Waals surface area contributed by atoms with Crippen LogP contribution in [0.3, 0.4) is 0 Å². The molecule has 1 aliphatic heterocycles. The summed E-state index contributed by atoms with van der Waals surface area (Å²) < 4.78 is 14.0. The number of hydrogen-bond donors (Lipinski definition) is 0. The molecule has 6 heteroatoms. The van der Waals surface area contributed by atoms with Gasteiger partial charge in [0.2, 0.25) is 0 Å². The third-order valence-corrected chi connectivity index (χ3v) is 4.14. The fourth-order valence-electron chi connectivity index (χ4n) is 2.77. The van der Waals surface area contributed by atoms with Gasteiger partial charge in [0, 0.05) is 24.2 Å². The van der Waals surface area contributed by atoms with Crippen molar-refractivity contribution in [3.8, 4) is 0 Å². The minimum absolute atomic E-state index is 0.102. The molecule has 0 saturated heterocycles. The van der Waals surface area contributed by atoms with E-state index in [9.17, 15) is 14.5 Å². The van der Waals surface area contributed by atoms with Crippen molar-refractivity contribution in [2.75, 3.05) is 18.0 Å². The third kappa shape index (κ3) is 3.19. The lowest BCUT2D eigenvalue weighted by molar-refractivity contribution is -0.385. The average molecular weight is 333 g/mol. The highest BCUT2D eigenvalue weighted by atomic mass is 35.5. The third-order valence-electron chi connectivity index (χ3n) is 3.91. The fraction of sp³-hybridized carbons (Fsp3) is 0.176. The number of nitrogens with zero attached hydrogens (tertiary/aromatic N) is 2. The molecule has 0 saturated carbocycles. The lowest BCUT2D eigenvalue weighted by Crippen LogP contribution is -2.29. The Morgan fingerprint density at radius 3 is 2.65 bits per heavy atom. The van der Waals surface area contributed by atoms with Crippen LogP contribution in [0.25, 0.3) is 5.57 Å². The summed E-state index contributed by atoms with van der Waals surface area (Å²) in [7, 11) is 0. The summed E-state index contributed by atoms with van der Waals surface area (Å²) in [4.78, 5) is 12.7. The summed E-state index contributed by atoms with van der Waals surface area (Å²) in [5, 5.41) is 11.5. The minimum atomic E-state index is -0.374. The van der Waals surface area contributed by atoms with E-state index in [1.807, 2.05) is 11.0 Å². The highest BCUT2D eigenvalue weighted by Crippen LogP contribution is 2.32. The Morgan fingerprint density at radius 1 is 1.22 bits per heavy atom. The zero-order valence-corrected chi connectivity index (χ0v) is 13.0. The second-order valence-electron chi connectivity index (χ2n) is 5.30. The highest BCUT2D eigenvalue weighted by Gasteiger charge is 2.21. The first kappa shape index (κ1) is 15.5. The van der Waals surface area contributed by atoms with Crippen molar-refractivity contribution in [3.63, 3.8) is 0 Å². The van der Waals surface area contributed by atoms with Gasteiger partial charge in [-0.1, -0.05) is 29.8 Å². The predicted octanol–water partition coefficient (Wildman–Crippen LogP) is 4.68. The summed E-state index contributed by atoms with van der Waals surface area (Å²) in [5.41, 5.74) is 2.15. The Kier molecular flexibility index (Phi) is 4.30. The summed E-state index contributed by atoms with van der Waals surface area (Å²) in [6, 6.07) is 11.3. The number of para-hydroxylation sites is 1. The number of nitro groups is 1. The largest absolute Gasteiger partial charge is 0.365 e. The van der Waals surface area contributed by atoms with E-state index in [1.165, 1.54) is 12.1 Å². The Balaban J connectivity index is 1.85. The number of anilines is 1. The van der Waals surface area contributed by atoms with E-state index < -0.39 is 0 Å². The van der Waals surface area contributed by atoms with Gasteiger partial charge >= 0.3 is 0 Å². The van der Waals surface area contributed by atoms with Gasteiger partial charge in [0.25, 0.3) is 5.69 Å². The van der Waals surface area contributed by atoms with E-state index in [0.29, 0.717) is 35.8 Å². The molecule has 4 nitrogen and oxygen atoms in total. The van der Waals surface area contributed by atoms with Gasteiger partial charge in [0.1, 0.15) is 5.82 Å². The quantitative estimate of drug-likeness (QED) is 0.605. The Hall–Kier alpha value is -2.40. The van der Waals surface area contributed by atoms with Crippen molar-refractivity contribution in [2.24, 2.45) is 0 Å². The second-order valence-corrected chi connectivity index (χ2v) is 5.73. The molecule has 0 amide bonds. The summed E-state index contributed by atoms with van der Waals surface area (Å²) in [5.74, 6) is -0.361. The SMILES string of the molecule is O=[N+]([O-])c1ccccc1C1=CCN(c2ccc(Cl)cc2F)CC1. The van der Waals surface area contributed by atoms with Crippen LogP contribution in [0.5, 0.6) is 0 Å². The van der Waals surface area contributed by atoms with Crippen LogP contribution in [-0.2, 0) is 0 Å². The van der Waals surface area contributed by atoms with Gasteiger partial charge in [-0.2, -0.15) is 0 Å². The molecule has 0 radical (unpaired) electrons. The Bertz CT molecular complexity index is 792.